The second-order valence-corrected chi connectivity index (χ2v) is 8.36. The van der Waals surface area contributed by atoms with Crippen LogP contribution in [0.25, 0.3) is 5.57 Å². The third-order valence-corrected chi connectivity index (χ3v) is 6.17. The van der Waals surface area contributed by atoms with Gasteiger partial charge in [0.2, 0.25) is 0 Å². The van der Waals surface area contributed by atoms with Crippen LogP contribution in [0.1, 0.15) is 18.9 Å². The van der Waals surface area contributed by atoms with E-state index in [-0.39, 0.29) is 6.16 Å². The molecule has 2 rings (SSSR count). The van der Waals surface area contributed by atoms with Gasteiger partial charge in [-0.25, -0.2) is 0 Å². The van der Waals surface area contributed by atoms with Crippen LogP contribution in [0.15, 0.2) is 54.4 Å². The zero-order valence-corrected chi connectivity index (χ0v) is 14.8. The van der Waals surface area contributed by atoms with E-state index >= 15 is 0 Å². The van der Waals surface area contributed by atoms with Crippen molar-refractivity contribution in [1.82, 2.24) is 0 Å². The zero-order chi connectivity index (χ0) is 18.4. The summed E-state index contributed by atoms with van der Waals surface area (Å²) in [4.78, 5) is 33.1. The summed E-state index contributed by atoms with van der Waals surface area (Å²) < 4.78 is 5.73. The summed E-state index contributed by atoms with van der Waals surface area (Å²) in [5, 5.41) is 18.1. The van der Waals surface area contributed by atoms with Gasteiger partial charge in [-0.3, -0.25) is 0 Å². The summed E-state index contributed by atoms with van der Waals surface area (Å²) in [6.07, 6.45) is 6.53. The number of hydrogen-bond donors (Lipinski definition) is 3. The molecule has 0 bridgehead atoms. The molecule has 0 aliphatic carbocycles. The van der Waals surface area contributed by atoms with E-state index in [9.17, 15) is 19.6 Å². The molecule has 1 aromatic carbocycles. The molecule has 134 valence electrons. The van der Waals surface area contributed by atoms with E-state index in [1.54, 1.807) is 17.9 Å². The van der Waals surface area contributed by atoms with Gasteiger partial charge in [0.25, 0.3) is 0 Å². The van der Waals surface area contributed by atoms with Crippen LogP contribution in [0.2, 0.25) is 0 Å². The molecule has 0 aromatic heterocycles. The monoisotopic (exact) mass is 364 g/mol. The summed E-state index contributed by atoms with van der Waals surface area (Å²) in [5.41, 5.74) is 1.53. The molecule has 7 heteroatoms. The predicted molar refractivity (Wildman–Crippen MR) is 97.8 cm³/mol. The molecule has 1 atom stereocenters. The van der Waals surface area contributed by atoms with Crippen molar-refractivity contribution in [2.45, 2.75) is 13.3 Å². The third kappa shape index (κ3) is 5.02. The van der Waals surface area contributed by atoms with E-state index in [2.05, 4.69) is 0 Å². The van der Waals surface area contributed by atoms with E-state index < -0.39 is 32.0 Å². The SMILES string of the molecule is C/C=C\C=C/C1=C[PH](O)(CC(CC(=O)O)C(=O)O)Oc2ccccc21. The average molecular weight is 364 g/mol. The molecule has 1 unspecified atom stereocenters. The van der Waals surface area contributed by atoms with Crippen molar-refractivity contribution in [1.29, 1.82) is 0 Å². The molecule has 3 N–H and O–H groups in total. The van der Waals surface area contributed by atoms with Crippen LogP contribution >= 0.6 is 7.72 Å². The molecular formula is C18H21O6P. The van der Waals surface area contributed by atoms with E-state index in [1.165, 1.54) is 0 Å². The molecule has 1 aromatic rings. The van der Waals surface area contributed by atoms with Crippen LogP contribution in [0.4, 0.5) is 0 Å². The number of hydrogen-bond acceptors (Lipinski definition) is 4. The molecule has 0 spiro atoms. The minimum absolute atomic E-state index is 0.232. The van der Waals surface area contributed by atoms with Gasteiger partial charge in [-0.1, -0.05) is 0 Å². The molecule has 6 nitrogen and oxygen atoms in total. The number of carboxylic acid groups (broad SMARTS) is 2. The number of benzene rings is 1. The Morgan fingerprint density at radius 3 is 2.60 bits per heavy atom. The maximum atomic E-state index is 11.3. The summed E-state index contributed by atoms with van der Waals surface area (Å²) in [7, 11) is -3.59. The predicted octanol–water partition coefficient (Wildman–Crippen LogP) is 3.30. The third-order valence-electron chi connectivity index (χ3n) is 3.75. The van der Waals surface area contributed by atoms with Crippen molar-refractivity contribution in [3.63, 3.8) is 0 Å². The van der Waals surface area contributed by atoms with Gasteiger partial charge in [-0.05, 0) is 0 Å². The number of para-hydroxylation sites is 1. The van der Waals surface area contributed by atoms with Crippen molar-refractivity contribution in [2.24, 2.45) is 5.92 Å². The van der Waals surface area contributed by atoms with E-state index in [1.807, 2.05) is 43.4 Å². The maximum absolute atomic E-state index is 11.3. The Bertz CT molecular complexity index is 752. The van der Waals surface area contributed by atoms with Crippen LogP contribution in [0, 0.1) is 5.92 Å². The van der Waals surface area contributed by atoms with Crippen molar-refractivity contribution in [3.05, 3.63) is 60.0 Å². The van der Waals surface area contributed by atoms with Gasteiger partial charge in [-0.15, -0.1) is 0 Å². The van der Waals surface area contributed by atoms with Crippen molar-refractivity contribution >= 4 is 25.2 Å². The van der Waals surface area contributed by atoms with Crippen LogP contribution in [0.5, 0.6) is 5.75 Å². The number of fused-ring (bicyclic) bond motifs is 1. The molecule has 25 heavy (non-hydrogen) atoms. The number of carbonyl (C=O) groups is 2. The number of rotatable bonds is 7. The van der Waals surface area contributed by atoms with Crippen LogP contribution < -0.4 is 4.52 Å². The van der Waals surface area contributed by atoms with Gasteiger partial charge in [-0.2, -0.15) is 0 Å². The van der Waals surface area contributed by atoms with Gasteiger partial charge in [0.1, 0.15) is 0 Å². The quantitative estimate of drug-likeness (QED) is 0.507. The number of carboxylic acids is 2. The molecule has 0 saturated carbocycles. The topological polar surface area (TPSA) is 104 Å². The Kier molecular flexibility index (Phi) is 6.12. The van der Waals surface area contributed by atoms with Crippen molar-refractivity contribution in [3.8, 4) is 5.75 Å². The van der Waals surface area contributed by atoms with E-state index in [0.717, 1.165) is 11.1 Å². The Morgan fingerprint density at radius 1 is 1.24 bits per heavy atom. The van der Waals surface area contributed by atoms with Crippen molar-refractivity contribution < 1.29 is 29.2 Å². The fourth-order valence-corrected chi connectivity index (χ4v) is 5.24. The van der Waals surface area contributed by atoms with Crippen LogP contribution in [-0.2, 0) is 9.59 Å². The summed E-state index contributed by atoms with van der Waals surface area (Å²) in [5.74, 6) is -1.66. The Hall–Kier alpha value is -2.43. The zero-order valence-electron chi connectivity index (χ0n) is 13.8. The Balaban J connectivity index is 2.38. The normalized spacial score (nSPS) is 18.2. The van der Waals surface area contributed by atoms with Gasteiger partial charge in [0, 0.05) is 0 Å². The first-order chi connectivity index (χ1) is 11.8. The van der Waals surface area contributed by atoms with E-state index in [0.29, 0.717) is 5.75 Å². The van der Waals surface area contributed by atoms with Crippen LogP contribution in [-0.4, -0.2) is 33.2 Å². The fourth-order valence-electron chi connectivity index (χ4n) is 2.65. The van der Waals surface area contributed by atoms with Crippen LogP contribution in [0.3, 0.4) is 0 Å². The second-order valence-electron chi connectivity index (χ2n) is 5.76. The first-order valence-corrected chi connectivity index (χ1v) is 9.96. The first kappa shape index (κ1) is 18.9. The molecule has 0 radical (unpaired) electrons. The van der Waals surface area contributed by atoms with E-state index in [4.69, 9.17) is 9.63 Å². The summed E-state index contributed by atoms with van der Waals surface area (Å²) in [6, 6.07) is 7.16. The molecule has 1 aliphatic rings. The molecule has 0 amide bonds. The summed E-state index contributed by atoms with van der Waals surface area (Å²) in [6.45, 7) is 1.88. The molecule has 0 fully saturated rings. The molecule has 1 aliphatic heterocycles. The van der Waals surface area contributed by atoms with Gasteiger partial charge < -0.3 is 0 Å². The Morgan fingerprint density at radius 2 is 1.96 bits per heavy atom. The van der Waals surface area contributed by atoms with Gasteiger partial charge in [0.15, 0.2) is 0 Å². The average Bonchev–Trinajstić information content (AvgIpc) is 2.53. The summed E-state index contributed by atoms with van der Waals surface area (Å²) >= 11 is 0. The fraction of sp³-hybridized carbons (Fsp3) is 0.222. The standard InChI is InChI=1S/C18H21O6P/c1-2-3-4-7-13-11-25(23,12-14(18(21)22)10-17(19)20)24-16-9-6-5-8-15(13)16/h2-9,11,14,23,25H,10,12H2,1H3,(H,19,20)(H,21,22)/b3-2-,7-4-. The minimum atomic E-state index is -3.59. The first-order valence-electron chi connectivity index (χ1n) is 7.82. The molecule has 1 heterocycles. The van der Waals surface area contributed by atoms with Gasteiger partial charge in [0.05, 0.1) is 0 Å². The number of aliphatic carboxylic acids is 2. The Labute approximate surface area is 146 Å². The second kappa shape index (κ2) is 8.10. The number of allylic oxidation sites excluding steroid dienone is 5. The molecular weight excluding hydrogens is 343 g/mol. The van der Waals surface area contributed by atoms with Crippen molar-refractivity contribution in [2.75, 3.05) is 6.16 Å². The van der Waals surface area contributed by atoms with Gasteiger partial charge >= 0.3 is 146 Å². The molecule has 0 saturated heterocycles.